The molecule has 0 fully saturated rings. The largest absolute Gasteiger partial charge is 0.312 e. The summed E-state index contributed by atoms with van der Waals surface area (Å²) < 4.78 is 0. The van der Waals surface area contributed by atoms with Crippen molar-refractivity contribution in [2.75, 3.05) is 11.4 Å². The zero-order valence-electron chi connectivity index (χ0n) is 9.45. The Morgan fingerprint density at radius 2 is 2.06 bits per heavy atom. The molecule has 1 aromatic carbocycles. The number of halogens is 1. The van der Waals surface area contributed by atoms with Gasteiger partial charge >= 0.3 is 0 Å². The lowest BCUT2D eigenvalue weighted by molar-refractivity contribution is -0.116. The van der Waals surface area contributed by atoms with E-state index in [0.29, 0.717) is 6.54 Å². The fourth-order valence-electron chi connectivity index (χ4n) is 1.45. The highest BCUT2D eigenvalue weighted by molar-refractivity contribution is 9.08. The molecule has 86 valence electrons. The predicted octanol–water partition coefficient (Wildman–Crippen LogP) is 3.51. The van der Waals surface area contributed by atoms with Crippen LogP contribution in [0, 0.1) is 0 Å². The Bertz CT molecular complexity index is 359. The van der Waals surface area contributed by atoms with Gasteiger partial charge in [-0.05, 0) is 24.1 Å². The molecular weight excluding hydrogens is 266 g/mol. The lowest BCUT2D eigenvalue weighted by Crippen LogP contribution is -2.29. The Morgan fingerprint density at radius 3 is 2.50 bits per heavy atom. The summed E-state index contributed by atoms with van der Waals surface area (Å²) in [6.07, 6.45) is 2.63. The summed E-state index contributed by atoms with van der Waals surface area (Å²) in [4.78, 5) is 13.3. The lowest BCUT2D eigenvalue weighted by Gasteiger charge is -2.20. The van der Waals surface area contributed by atoms with Crippen LogP contribution in [0.1, 0.15) is 18.9 Å². The molecule has 0 saturated carbocycles. The van der Waals surface area contributed by atoms with Crippen molar-refractivity contribution in [2.24, 2.45) is 0 Å². The van der Waals surface area contributed by atoms with E-state index >= 15 is 0 Å². The highest BCUT2D eigenvalue weighted by Crippen LogP contribution is 2.17. The van der Waals surface area contributed by atoms with Crippen molar-refractivity contribution in [3.8, 4) is 0 Å². The summed E-state index contributed by atoms with van der Waals surface area (Å²) >= 11 is 3.40. The molecule has 0 spiro atoms. The summed E-state index contributed by atoms with van der Waals surface area (Å²) in [7, 11) is 0. The monoisotopic (exact) mass is 281 g/mol. The van der Waals surface area contributed by atoms with Crippen molar-refractivity contribution in [3.05, 3.63) is 42.5 Å². The maximum atomic E-state index is 11.5. The van der Waals surface area contributed by atoms with E-state index in [1.54, 1.807) is 11.8 Å². The molecule has 0 aliphatic carbocycles. The van der Waals surface area contributed by atoms with E-state index in [1.807, 2.05) is 30.3 Å². The number of nitrogens with zero attached hydrogens (tertiary/aromatic N) is 1. The molecule has 0 aromatic heterocycles. The second-order valence-electron chi connectivity index (χ2n) is 3.55. The van der Waals surface area contributed by atoms with Gasteiger partial charge in [-0.15, -0.1) is 6.58 Å². The van der Waals surface area contributed by atoms with Gasteiger partial charge in [0.05, 0.1) is 0 Å². The molecule has 3 heteroatoms. The van der Waals surface area contributed by atoms with Crippen molar-refractivity contribution in [3.63, 3.8) is 0 Å². The Labute approximate surface area is 105 Å². The minimum Gasteiger partial charge on any atom is -0.312 e. The van der Waals surface area contributed by atoms with Crippen LogP contribution in [-0.4, -0.2) is 12.5 Å². The van der Waals surface area contributed by atoms with Crippen LogP contribution in [0.5, 0.6) is 0 Å². The van der Waals surface area contributed by atoms with Crippen LogP contribution in [0.2, 0.25) is 0 Å². The smallest absolute Gasteiger partial charge is 0.223 e. The van der Waals surface area contributed by atoms with Crippen LogP contribution in [0.4, 0.5) is 5.69 Å². The normalized spacial score (nSPS) is 9.88. The van der Waals surface area contributed by atoms with E-state index in [-0.39, 0.29) is 5.91 Å². The van der Waals surface area contributed by atoms with Gasteiger partial charge in [-0.1, -0.05) is 34.1 Å². The summed E-state index contributed by atoms with van der Waals surface area (Å²) in [6, 6.07) is 7.99. The molecule has 0 atom stereocenters. The van der Waals surface area contributed by atoms with Crippen LogP contribution in [0.3, 0.4) is 0 Å². The van der Waals surface area contributed by atoms with E-state index in [1.165, 1.54) is 5.56 Å². The van der Waals surface area contributed by atoms with Gasteiger partial charge in [-0.2, -0.15) is 0 Å². The lowest BCUT2D eigenvalue weighted by atomic mass is 10.2. The first-order valence-electron chi connectivity index (χ1n) is 5.23. The topological polar surface area (TPSA) is 20.3 Å². The minimum atomic E-state index is 0.0634. The Balaban J connectivity index is 2.83. The van der Waals surface area contributed by atoms with E-state index in [0.717, 1.165) is 17.4 Å². The maximum absolute atomic E-state index is 11.5. The van der Waals surface area contributed by atoms with Gasteiger partial charge in [0, 0.05) is 24.5 Å². The minimum absolute atomic E-state index is 0.0634. The van der Waals surface area contributed by atoms with Crippen molar-refractivity contribution < 1.29 is 4.79 Å². The van der Waals surface area contributed by atoms with Crippen LogP contribution in [0.25, 0.3) is 0 Å². The molecule has 0 unspecified atom stereocenters. The van der Waals surface area contributed by atoms with Gasteiger partial charge < -0.3 is 4.90 Å². The first-order valence-corrected chi connectivity index (χ1v) is 6.35. The number of carbonyl (C=O) groups is 1. The maximum Gasteiger partial charge on any atom is 0.223 e. The first kappa shape index (κ1) is 13.0. The quantitative estimate of drug-likeness (QED) is 0.598. The second-order valence-corrected chi connectivity index (χ2v) is 4.11. The van der Waals surface area contributed by atoms with Crippen LogP contribution >= 0.6 is 15.9 Å². The first-order chi connectivity index (χ1) is 7.69. The second kappa shape index (κ2) is 6.48. The van der Waals surface area contributed by atoms with Crippen molar-refractivity contribution in [2.45, 2.75) is 18.7 Å². The SMILES string of the molecule is C=CCCN(C(C)=O)c1ccc(CBr)cc1. The average Bonchev–Trinajstić information content (AvgIpc) is 2.30. The number of hydrogen-bond donors (Lipinski definition) is 0. The fraction of sp³-hybridized carbons (Fsp3) is 0.308. The van der Waals surface area contributed by atoms with Gasteiger partial charge in [0.25, 0.3) is 0 Å². The van der Waals surface area contributed by atoms with Crippen molar-refractivity contribution in [1.29, 1.82) is 0 Å². The molecule has 1 amide bonds. The fourth-order valence-corrected chi connectivity index (χ4v) is 1.83. The molecule has 1 rings (SSSR count). The number of carbonyl (C=O) groups excluding carboxylic acids is 1. The van der Waals surface area contributed by atoms with Crippen LogP contribution in [-0.2, 0) is 10.1 Å². The number of rotatable bonds is 5. The number of alkyl halides is 1. The van der Waals surface area contributed by atoms with Crippen LogP contribution in [0.15, 0.2) is 36.9 Å². The van der Waals surface area contributed by atoms with Gasteiger partial charge in [0.15, 0.2) is 0 Å². The Hall–Kier alpha value is -1.09. The highest BCUT2D eigenvalue weighted by Gasteiger charge is 2.09. The van der Waals surface area contributed by atoms with Crippen molar-refractivity contribution >= 4 is 27.5 Å². The number of anilines is 1. The van der Waals surface area contributed by atoms with Gasteiger partial charge in [0.2, 0.25) is 5.91 Å². The zero-order chi connectivity index (χ0) is 12.0. The number of amides is 1. The van der Waals surface area contributed by atoms with E-state index < -0.39 is 0 Å². The van der Waals surface area contributed by atoms with Gasteiger partial charge in [-0.3, -0.25) is 4.79 Å². The molecule has 0 radical (unpaired) electrons. The predicted molar refractivity (Wildman–Crippen MR) is 71.9 cm³/mol. The molecule has 2 nitrogen and oxygen atoms in total. The zero-order valence-corrected chi connectivity index (χ0v) is 11.0. The summed E-state index contributed by atoms with van der Waals surface area (Å²) in [5, 5.41) is 0.833. The van der Waals surface area contributed by atoms with Gasteiger partial charge in [0.1, 0.15) is 0 Å². The van der Waals surface area contributed by atoms with E-state index in [2.05, 4.69) is 22.5 Å². The molecule has 16 heavy (non-hydrogen) atoms. The van der Waals surface area contributed by atoms with E-state index in [4.69, 9.17) is 0 Å². The average molecular weight is 282 g/mol. The van der Waals surface area contributed by atoms with Gasteiger partial charge in [-0.25, -0.2) is 0 Å². The Kier molecular flexibility index (Phi) is 5.26. The molecule has 0 heterocycles. The summed E-state index contributed by atoms with van der Waals surface area (Å²) in [5.74, 6) is 0.0634. The van der Waals surface area contributed by atoms with Crippen LogP contribution < -0.4 is 4.90 Å². The molecule has 1 aromatic rings. The molecule has 0 saturated heterocycles. The Morgan fingerprint density at radius 1 is 1.44 bits per heavy atom. The highest BCUT2D eigenvalue weighted by atomic mass is 79.9. The third-order valence-electron chi connectivity index (χ3n) is 2.34. The summed E-state index contributed by atoms with van der Waals surface area (Å²) in [6.45, 7) is 5.94. The van der Waals surface area contributed by atoms with Crippen molar-refractivity contribution in [1.82, 2.24) is 0 Å². The molecule has 0 aliphatic heterocycles. The number of hydrogen-bond acceptors (Lipinski definition) is 1. The molecule has 0 bridgehead atoms. The number of benzene rings is 1. The third kappa shape index (κ3) is 3.49. The molecule has 0 N–H and O–H groups in total. The standard InChI is InChI=1S/C13H16BrNO/c1-3-4-9-15(11(2)16)13-7-5-12(10-14)6-8-13/h3,5-8H,1,4,9-10H2,2H3. The molecule has 0 aliphatic rings. The third-order valence-corrected chi connectivity index (χ3v) is 2.99. The van der Waals surface area contributed by atoms with E-state index in [9.17, 15) is 4.79 Å². The molecular formula is C13H16BrNO. The summed E-state index contributed by atoms with van der Waals surface area (Å²) in [5.41, 5.74) is 2.15.